The topological polar surface area (TPSA) is 76.5 Å². The van der Waals surface area contributed by atoms with Gasteiger partial charge in [-0.25, -0.2) is 0 Å². The summed E-state index contributed by atoms with van der Waals surface area (Å²) in [5.41, 5.74) is 0.867. The van der Waals surface area contributed by atoms with Crippen LogP contribution in [0.4, 0.5) is 0 Å². The number of allylic oxidation sites excluding steroid dienone is 1. The molecule has 7 nitrogen and oxygen atoms in total. The molecule has 1 aliphatic heterocycles. The van der Waals surface area contributed by atoms with Crippen molar-refractivity contribution in [3.8, 4) is 0 Å². The molecule has 0 spiro atoms. The molecule has 4 rings (SSSR count). The molecule has 0 radical (unpaired) electrons. The van der Waals surface area contributed by atoms with Crippen molar-refractivity contribution in [2.45, 2.75) is 83.6 Å². The van der Waals surface area contributed by atoms with Gasteiger partial charge in [-0.3, -0.25) is 9.48 Å². The molecular formula is C27H37ClN4O3. The van der Waals surface area contributed by atoms with Gasteiger partial charge in [-0.1, -0.05) is 61.6 Å². The first-order valence-corrected chi connectivity index (χ1v) is 12.8. The number of aldehydes is 1. The molecular weight excluding hydrogens is 464 g/mol. The van der Waals surface area contributed by atoms with E-state index < -0.39 is 5.54 Å². The smallest absolute Gasteiger partial charge is 0.273 e. The molecule has 1 atom stereocenters. The van der Waals surface area contributed by atoms with E-state index in [9.17, 15) is 9.59 Å². The number of halogens is 1. The summed E-state index contributed by atoms with van der Waals surface area (Å²) >= 11 is 6.24. The van der Waals surface area contributed by atoms with Crippen LogP contribution in [0.15, 0.2) is 42.7 Å². The minimum atomic E-state index is -1.00. The summed E-state index contributed by atoms with van der Waals surface area (Å²) in [7, 11) is 2.08. The molecule has 8 heteroatoms. The second-order valence-corrected chi connectivity index (χ2v) is 9.80. The molecule has 35 heavy (non-hydrogen) atoms. The van der Waals surface area contributed by atoms with Crippen LogP contribution < -0.4 is 5.32 Å². The maximum atomic E-state index is 13.1. The first-order chi connectivity index (χ1) is 16.9. The van der Waals surface area contributed by atoms with Crippen molar-refractivity contribution in [1.82, 2.24) is 20.0 Å². The van der Waals surface area contributed by atoms with Crippen LogP contribution >= 0.6 is 11.6 Å². The van der Waals surface area contributed by atoms with Crippen molar-refractivity contribution < 1.29 is 14.3 Å². The summed E-state index contributed by atoms with van der Waals surface area (Å²) in [6.45, 7) is 4.38. The van der Waals surface area contributed by atoms with Crippen LogP contribution in [-0.4, -0.2) is 45.5 Å². The number of aromatic nitrogens is 2. The maximum absolute atomic E-state index is 13.1. The van der Waals surface area contributed by atoms with Crippen molar-refractivity contribution in [2.75, 3.05) is 7.05 Å². The third-order valence-corrected chi connectivity index (χ3v) is 7.02. The zero-order valence-electron chi connectivity index (χ0n) is 21.0. The number of fused-ring (bicyclic) bond motifs is 1. The first-order valence-electron chi connectivity index (χ1n) is 12.4. The Labute approximate surface area is 213 Å². The van der Waals surface area contributed by atoms with Crippen molar-refractivity contribution in [2.24, 2.45) is 0 Å². The Morgan fingerprint density at radius 2 is 1.94 bits per heavy atom. The number of benzene rings is 1. The van der Waals surface area contributed by atoms with E-state index in [-0.39, 0.29) is 25.6 Å². The van der Waals surface area contributed by atoms with Gasteiger partial charge in [0.2, 0.25) is 0 Å². The monoisotopic (exact) mass is 500 g/mol. The molecule has 0 saturated heterocycles. The van der Waals surface area contributed by atoms with Gasteiger partial charge in [0.05, 0.1) is 12.8 Å². The highest BCUT2D eigenvalue weighted by Gasteiger charge is 2.42. The summed E-state index contributed by atoms with van der Waals surface area (Å²) in [5, 5.41) is 8.31. The van der Waals surface area contributed by atoms with Gasteiger partial charge in [-0.2, -0.15) is 5.10 Å². The summed E-state index contributed by atoms with van der Waals surface area (Å²) in [5.74, 6) is -0.254. The predicted octanol–water partition coefficient (Wildman–Crippen LogP) is 5.13. The lowest BCUT2D eigenvalue weighted by Crippen LogP contribution is -2.57. The Morgan fingerprint density at radius 3 is 2.57 bits per heavy atom. The van der Waals surface area contributed by atoms with Crippen LogP contribution in [0.5, 0.6) is 0 Å². The Balaban J connectivity index is 0.000000320. The first kappa shape index (κ1) is 27.0. The van der Waals surface area contributed by atoms with Gasteiger partial charge in [0.25, 0.3) is 5.91 Å². The van der Waals surface area contributed by atoms with E-state index in [2.05, 4.69) is 17.5 Å². The van der Waals surface area contributed by atoms with Gasteiger partial charge in [0.1, 0.15) is 29.8 Å². The molecule has 1 fully saturated rings. The van der Waals surface area contributed by atoms with Crippen LogP contribution in [-0.2, 0) is 29.2 Å². The number of amides is 1. The third kappa shape index (κ3) is 6.95. The lowest BCUT2D eigenvalue weighted by Gasteiger charge is -2.41. The summed E-state index contributed by atoms with van der Waals surface area (Å²) in [4.78, 5) is 26.4. The number of hydrogen-bond acceptors (Lipinski definition) is 5. The predicted molar refractivity (Wildman–Crippen MR) is 138 cm³/mol. The molecule has 1 saturated carbocycles. The molecule has 190 valence electrons. The Kier molecular flexibility index (Phi) is 9.93. The molecule has 2 aliphatic rings. The number of nitrogens with zero attached hydrogens (tertiary/aromatic N) is 3. The van der Waals surface area contributed by atoms with Crippen LogP contribution in [0.3, 0.4) is 0 Å². The van der Waals surface area contributed by atoms with E-state index in [0.29, 0.717) is 16.4 Å². The highest BCUT2D eigenvalue weighted by Crippen LogP contribution is 2.29. The second-order valence-electron chi connectivity index (χ2n) is 9.39. The van der Waals surface area contributed by atoms with Crippen molar-refractivity contribution in [3.63, 3.8) is 0 Å². The number of rotatable bonds is 7. The molecule has 1 aromatic heterocycles. The van der Waals surface area contributed by atoms with E-state index in [1.807, 2.05) is 25.1 Å². The average molecular weight is 501 g/mol. The lowest BCUT2D eigenvalue weighted by molar-refractivity contribution is -0.118. The molecule has 1 unspecified atom stereocenters. The highest BCUT2D eigenvalue weighted by molar-refractivity contribution is 6.31. The molecule has 1 amide bonds. The summed E-state index contributed by atoms with van der Waals surface area (Å²) < 4.78 is 6.91. The summed E-state index contributed by atoms with van der Waals surface area (Å²) in [6, 6.07) is 9.83. The fraction of sp³-hybridized carbons (Fsp3) is 0.519. The average Bonchev–Trinajstić information content (AvgIpc) is 3.07. The fourth-order valence-corrected chi connectivity index (χ4v) is 4.74. The number of ether oxygens (including phenoxy) is 1. The van der Waals surface area contributed by atoms with Gasteiger partial charge >= 0.3 is 0 Å². The van der Waals surface area contributed by atoms with Gasteiger partial charge in [0.15, 0.2) is 0 Å². The standard InChI is InChI=1S/C19H20ClN3O3.C8H17N/c1-3-8-26-11-15-9-17-18(25)22(10-14-6-4-5-7-16(14)20)19(2,13-24)12-23(17)21-15;1-9-8-6-4-2-3-5-7-8/h3-9,13H,10-12H2,1-2H3;8-9H,2-7H2,1H3/b8-3-;. The Hall–Kier alpha value is -2.64. The van der Waals surface area contributed by atoms with Crippen LogP contribution in [0, 0.1) is 0 Å². The van der Waals surface area contributed by atoms with Crippen LogP contribution in [0.25, 0.3) is 0 Å². The SMILES string of the molecule is C/C=C\OCc1cc2n(n1)CC(C)(C=O)N(Cc1ccccc1Cl)C2=O.CNC1CCCCCC1. The largest absolute Gasteiger partial charge is 0.495 e. The van der Waals surface area contributed by atoms with Crippen molar-refractivity contribution in [3.05, 3.63) is 64.6 Å². The van der Waals surface area contributed by atoms with Crippen LogP contribution in [0.1, 0.15) is 74.1 Å². The quantitative estimate of drug-likeness (QED) is 0.324. The normalized spacial score (nSPS) is 20.7. The summed E-state index contributed by atoms with van der Waals surface area (Å²) in [6.07, 6.45) is 12.7. The van der Waals surface area contributed by atoms with Crippen molar-refractivity contribution in [1.29, 1.82) is 0 Å². The number of carbonyl (C=O) groups is 2. The van der Waals surface area contributed by atoms with Gasteiger partial charge < -0.3 is 19.7 Å². The van der Waals surface area contributed by atoms with Crippen molar-refractivity contribution >= 4 is 23.8 Å². The zero-order valence-corrected chi connectivity index (χ0v) is 21.8. The Bertz CT molecular complexity index is 1010. The van der Waals surface area contributed by atoms with E-state index >= 15 is 0 Å². The number of nitrogens with one attached hydrogen (secondary N) is 1. The van der Waals surface area contributed by atoms with Gasteiger partial charge in [-0.05, 0) is 51.4 Å². The van der Waals surface area contributed by atoms with E-state index in [0.717, 1.165) is 17.9 Å². The zero-order chi connectivity index (χ0) is 25.3. The highest BCUT2D eigenvalue weighted by atomic mass is 35.5. The molecule has 2 aromatic rings. The lowest BCUT2D eigenvalue weighted by atomic mass is 9.97. The Morgan fingerprint density at radius 1 is 1.23 bits per heavy atom. The minimum Gasteiger partial charge on any atom is -0.495 e. The second kappa shape index (κ2) is 12.9. The number of carbonyl (C=O) groups excluding carboxylic acids is 2. The molecule has 2 heterocycles. The van der Waals surface area contributed by atoms with Gasteiger partial charge in [-0.15, -0.1) is 0 Å². The third-order valence-electron chi connectivity index (χ3n) is 6.65. The fourth-order valence-electron chi connectivity index (χ4n) is 4.54. The van der Waals surface area contributed by atoms with E-state index in [1.165, 1.54) is 38.5 Å². The minimum absolute atomic E-state index is 0.253. The molecule has 1 aromatic carbocycles. The maximum Gasteiger partial charge on any atom is 0.273 e. The molecule has 1 aliphatic carbocycles. The molecule has 1 N–H and O–H groups in total. The van der Waals surface area contributed by atoms with Crippen LogP contribution in [0.2, 0.25) is 5.02 Å². The van der Waals surface area contributed by atoms with Gasteiger partial charge in [0, 0.05) is 17.6 Å². The molecule has 0 bridgehead atoms. The van der Waals surface area contributed by atoms with E-state index in [4.69, 9.17) is 16.3 Å². The van der Waals surface area contributed by atoms with E-state index in [1.54, 1.807) is 41.0 Å². The number of hydrogen-bond donors (Lipinski definition) is 1.